The third-order valence-corrected chi connectivity index (χ3v) is 10.7. The zero-order chi connectivity index (χ0) is 22.1. The predicted octanol–water partition coefficient (Wildman–Crippen LogP) is 8.41. The third kappa shape index (κ3) is 4.18. The Kier molecular flexibility index (Phi) is 7.85. The number of hydrogen-bond acceptors (Lipinski definition) is 1. The Labute approximate surface area is 188 Å². The molecule has 1 nitrogen and oxygen atoms in total. The molecule has 30 heavy (non-hydrogen) atoms. The highest BCUT2D eigenvalue weighted by atomic mass is 16.3. The van der Waals surface area contributed by atoms with Crippen LogP contribution in [0.5, 0.6) is 0 Å². The molecule has 4 rings (SSSR count). The van der Waals surface area contributed by atoms with Crippen LogP contribution in [-0.4, -0.2) is 11.2 Å². The molecule has 4 saturated carbocycles. The molecule has 0 aromatic rings. The van der Waals surface area contributed by atoms with Gasteiger partial charge in [0.15, 0.2) is 0 Å². The Morgan fingerprint density at radius 1 is 0.867 bits per heavy atom. The lowest BCUT2D eigenvalue weighted by molar-refractivity contribution is -0.147. The molecule has 9 atom stereocenters. The van der Waals surface area contributed by atoms with E-state index in [1.165, 1.54) is 69.8 Å². The summed E-state index contributed by atoms with van der Waals surface area (Å²) in [6.07, 6.45) is 17.6. The van der Waals surface area contributed by atoms with E-state index < -0.39 is 0 Å². The highest BCUT2D eigenvalue weighted by Crippen LogP contribution is 2.68. The van der Waals surface area contributed by atoms with Crippen LogP contribution in [0.3, 0.4) is 0 Å². The summed E-state index contributed by atoms with van der Waals surface area (Å²) >= 11 is 0. The van der Waals surface area contributed by atoms with Crippen molar-refractivity contribution >= 4 is 0 Å². The number of allylic oxidation sites excluding steroid dienone is 2. The molecule has 0 heterocycles. The maximum atomic E-state index is 10.5. The van der Waals surface area contributed by atoms with Gasteiger partial charge < -0.3 is 5.11 Å². The van der Waals surface area contributed by atoms with Crippen molar-refractivity contribution in [1.82, 2.24) is 0 Å². The molecular formula is C29H52O. The monoisotopic (exact) mass is 416 g/mol. The maximum absolute atomic E-state index is 10.5. The van der Waals surface area contributed by atoms with E-state index in [1.54, 1.807) is 0 Å². The minimum Gasteiger partial charge on any atom is -0.393 e. The standard InChI is InChI=1S/C27H46O.C2H6/c1-18(2)8-6-7-9-20-10-12-23-21-11-13-22-19(3)25(28)15-17-27(22,5)24(21)14-16-26(20,23)4;1-2/h8,19-25,28H,6-7,9-17H2,1-5H3;1-2H3/t19-,20?,21?,22?,23?,24?,25?,26-,27+;/m1./s1. The first-order chi connectivity index (χ1) is 14.3. The molecule has 174 valence electrons. The van der Waals surface area contributed by atoms with Crippen LogP contribution in [0.25, 0.3) is 0 Å². The average molecular weight is 417 g/mol. The van der Waals surface area contributed by atoms with Crippen LogP contribution in [0.1, 0.15) is 119 Å². The number of unbranched alkanes of at least 4 members (excludes halogenated alkanes) is 1. The smallest absolute Gasteiger partial charge is 0.0568 e. The second kappa shape index (κ2) is 9.68. The Balaban J connectivity index is 0.00000124. The minimum absolute atomic E-state index is 0.0415. The highest BCUT2D eigenvalue weighted by Gasteiger charge is 2.60. The van der Waals surface area contributed by atoms with Gasteiger partial charge >= 0.3 is 0 Å². The summed E-state index contributed by atoms with van der Waals surface area (Å²) in [7, 11) is 0. The molecule has 4 fully saturated rings. The summed E-state index contributed by atoms with van der Waals surface area (Å²) in [5.74, 6) is 5.15. The highest BCUT2D eigenvalue weighted by molar-refractivity contribution is 5.10. The van der Waals surface area contributed by atoms with E-state index in [-0.39, 0.29) is 6.10 Å². The fourth-order valence-electron chi connectivity index (χ4n) is 9.05. The van der Waals surface area contributed by atoms with E-state index in [0.717, 1.165) is 36.0 Å². The lowest BCUT2D eigenvalue weighted by Gasteiger charge is -2.62. The van der Waals surface area contributed by atoms with Gasteiger partial charge in [-0.3, -0.25) is 0 Å². The van der Waals surface area contributed by atoms with Crippen molar-refractivity contribution in [2.24, 2.45) is 46.3 Å². The van der Waals surface area contributed by atoms with Gasteiger partial charge in [0.2, 0.25) is 0 Å². The second-order valence-electron chi connectivity index (χ2n) is 12.1. The first kappa shape index (κ1) is 24.3. The lowest BCUT2D eigenvalue weighted by atomic mass is 9.43. The Hall–Kier alpha value is -0.300. The summed E-state index contributed by atoms with van der Waals surface area (Å²) in [6, 6.07) is 0. The average Bonchev–Trinajstić information content (AvgIpc) is 3.06. The third-order valence-electron chi connectivity index (χ3n) is 10.7. The molecule has 4 aliphatic carbocycles. The molecule has 0 aromatic heterocycles. The van der Waals surface area contributed by atoms with Gasteiger partial charge in [-0.25, -0.2) is 0 Å². The Bertz CT molecular complexity index is 589. The van der Waals surface area contributed by atoms with Gasteiger partial charge in [0, 0.05) is 0 Å². The van der Waals surface area contributed by atoms with E-state index in [0.29, 0.717) is 16.7 Å². The number of hydrogen-bond donors (Lipinski definition) is 1. The summed E-state index contributed by atoms with van der Waals surface area (Å²) < 4.78 is 0. The molecule has 0 bridgehead atoms. The van der Waals surface area contributed by atoms with Crippen molar-refractivity contribution in [1.29, 1.82) is 0 Å². The quantitative estimate of drug-likeness (QED) is 0.360. The van der Waals surface area contributed by atoms with Gasteiger partial charge in [0.1, 0.15) is 0 Å². The fourth-order valence-corrected chi connectivity index (χ4v) is 9.05. The molecule has 1 N–H and O–H groups in total. The number of fused-ring (bicyclic) bond motifs is 5. The molecule has 1 heteroatoms. The summed E-state index contributed by atoms with van der Waals surface area (Å²) in [6.45, 7) is 16.1. The predicted molar refractivity (Wildman–Crippen MR) is 130 cm³/mol. The van der Waals surface area contributed by atoms with Crippen molar-refractivity contribution < 1.29 is 5.11 Å². The largest absolute Gasteiger partial charge is 0.393 e. The van der Waals surface area contributed by atoms with Gasteiger partial charge in [0.05, 0.1) is 6.10 Å². The lowest BCUT2D eigenvalue weighted by Crippen LogP contribution is -2.56. The molecular weight excluding hydrogens is 364 g/mol. The number of rotatable bonds is 4. The number of aliphatic hydroxyl groups excluding tert-OH is 1. The van der Waals surface area contributed by atoms with E-state index in [1.807, 2.05) is 13.8 Å². The fraction of sp³-hybridized carbons (Fsp3) is 0.931. The van der Waals surface area contributed by atoms with Crippen molar-refractivity contribution in [2.75, 3.05) is 0 Å². The molecule has 0 radical (unpaired) electrons. The summed E-state index contributed by atoms with van der Waals surface area (Å²) in [4.78, 5) is 0. The van der Waals surface area contributed by atoms with Crippen LogP contribution in [0, 0.1) is 46.3 Å². The molecule has 0 aromatic carbocycles. The van der Waals surface area contributed by atoms with Crippen molar-refractivity contribution in [2.45, 2.75) is 125 Å². The van der Waals surface area contributed by atoms with E-state index >= 15 is 0 Å². The van der Waals surface area contributed by atoms with Crippen molar-refractivity contribution in [3.05, 3.63) is 11.6 Å². The molecule has 0 amide bonds. The van der Waals surface area contributed by atoms with Gasteiger partial charge in [-0.05, 0) is 131 Å². The van der Waals surface area contributed by atoms with Gasteiger partial charge in [-0.2, -0.15) is 0 Å². The molecule has 6 unspecified atom stereocenters. The van der Waals surface area contributed by atoms with Crippen LogP contribution < -0.4 is 0 Å². The molecule has 4 aliphatic rings. The van der Waals surface area contributed by atoms with Gasteiger partial charge in [0.25, 0.3) is 0 Å². The Morgan fingerprint density at radius 2 is 1.50 bits per heavy atom. The normalized spacial score (nSPS) is 47.3. The molecule has 0 saturated heterocycles. The first-order valence-electron chi connectivity index (χ1n) is 13.6. The van der Waals surface area contributed by atoms with Crippen LogP contribution in [0.4, 0.5) is 0 Å². The topological polar surface area (TPSA) is 20.2 Å². The zero-order valence-corrected chi connectivity index (χ0v) is 21.3. The van der Waals surface area contributed by atoms with E-state index in [2.05, 4.69) is 40.7 Å². The summed E-state index contributed by atoms with van der Waals surface area (Å²) in [5, 5.41) is 10.5. The van der Waals surface area contributed by atoms with Gasteiger partial charge in [-0.15, -0.1) is 0 Å². The van der Waals surface area contributed by atoms with E-state index in [9.17, 15) is 5.11 Å². The molecule has 0 spiro atoms. The minimum atomic E-state index is -0.0415. The van der Waals surface area contributed by atoms with Crippen molar-refractivity contribution in [3.63, 3.8) is 0 Å². The van der Waals surface area contributed by atoms with Crippen LogP contribution in [-0.2, 0) is 0 Å². The maximum Gasteiger partial charge on any atom is 0.0568 e. The molecule has 0 aliphatic heterocycles. The van der Waals surface area contributed by atoms with E-state index in [4.69, 9.17) is 0 Å². The number of aliphatic hydroxyl groups is 1. The van der Waals surface area contributed by atoms with Crippen LogP contribution in [0.15, 0.2) is 11.6 Å². The van der Waals surface area contributed by atoms with Crippen LogP contribution in [0.2, 0.25) is 0 Å². The van der Waals surface area contributed by atoms with Crippen molar-refractivity contribution in [3.8, 4) is 0 Å². The SMILES string of the molecule is CC.CC(C)=CCCCC1CCC2C3CCC4[C@@H](C)C(O)CC[C@]4(C)C3CC[C@]12C. The second-order valence-corrected chi connectivity index (χ2v) is 12.1. The van der Waals surface area contributed by atoms with Crippen LogP contribution >= 0.6 is 0 Å². The first-order valence-corrected chi connectivity index (χ1v) is 13.6. The van der Waals surface area contributed by atoms with Gasteiger partial charge in [-0.1, -0.05) is 46.3 Å². The summed E-state index contributed by atoms with van der Waals surface area (Å²) in [5.41, 5.74) is 2.60. The Morgan fingerprint density at radius 3 is 2.20 bits per heavy atom. The zero-order valence-electron chi connectivity index (χ0n) is 21.3.